The lowest BCUT2D eigenvalue weighted by Gasteiger charge is -2.20. The molecule has 0 saturated heterocycles. The maximum Gasteiger partial charge on any atom is 0.223 e. The van der Waals surface area contributed by atoms with Crippen LogP contribution in [0.1, 0.15) is 29.3 Å². The van der Waals surface area contributed by atoms with Gasteiger partial charge in [-0.25, -0.2) is 0 Å². The molecule has 102 valence electrons. The molecule has 4 heteroatoms. The summed E-state index contributed by atoms with van der Waals surface area (Å²) in [7, 11) is 3.55. The van der Waals surface area contributed by atoms with E-state index in [9.17, 15) is 9.59 Å². The number of carbonyl (C=O) groups is 2. The summed E-state index contributed by atoms with van der Waals surface area (Å²) in [6.45, 7) is 3.25. The van der Waals surface area contributed by atoms with Gasteiger partial charge in [0.2, 0.25) is 5.91 Å². The maximum atomic E-state index is 11.6. The minimum atomic E-state index is 0.101. The largest absolute Gasteiger partial charge is 0.370 e. The average molecular weight is 260 g/mol. The Morgan fingerprint density at radius 1 is 1.32 bits per heavy atom. The van der Waals surface area contributed by atoms with Crippen molar-refractivity contribution >= 4 is 17.4 Å². The van der Waals surface area contributed by atoms with E-state index in [-0.39, 0.29) is 11.7 Å². The van der Waals surface area contributed by atoms with Gasteiger partial charge in [-0.3, -0.25) is 9.59 Å². The Kier molecular flexibility index (Phi) is 3.88. The predicted molar refractivity (Wildman–Crippen MR) is 75.7 cm³/mol. The Balaban J connectivity index is 2.06. The highest BCUT2D eigenvalue weighted by molar-refractivity contribution is 5.95. The van der Waals surface area contributed by atoms with Crippen molar-refractivity contribution in [3.05, 3.63) is 29.3 Å². The highest BCUT2D eigenvalue weighted by atomic mass is 16.2. The highest BCUT2D eigenvalue weighted by Crippen LogP contribution is 2.29. The number of benzene rings is 1. The number of rotatable bonds is 4. The molecule has 0 radical (unpaired) electrons. The first-order valence-electron chi connectivity index (χ1n) is 6.58. The molecule has 1 heterocycles. The van der Waals surface area contributed by atoms with E-state index in [1.165, 1.54) is 5.56 Å². The predicted octanol–water partition coefficient (Wildman–Crippen LogP) is 1.73. The van der Waals surface area contributed by atoms with E-state index < -0.39 is 0 Å². The molecular formula is C15H20N2O2. The number of anilines is 1. The van der Waals surface area contributed by atoms with Crippen LogP contribution in [0.2, 0.25) is 0 Å². The molecule has 1 amide bonds. The molecule has 0 aliphatic carbocycles. The third kappa shape index (κ3) is 2.95. The second-order valence-electron chi connectivity index (χ2n) is 5.17. The number of carbonyl (C=O) groups excluding carboxylic acids is 2. The average Bonchev–Trinajstić information content (AvgIpc) is 2.77. The summed E-state index contributed by atoms with van der Waals surface area (Å²) in [4.78, 5) is 26.8. The molecule has 0 spiro atoms. The fourth-order valence-corrected chi connectivity index (χ4v) is 2.38. The molecular weight excluding hydrogens is 240 g/mol. The molecule has 0 aromatic heterocycles. The van der Waals surface area contributed by atoms with E-state index in [0.29, 0.717) is 6.42 Å². The van der Waals surface area contributed by atoms with E-state index in [0.717, 1.165) is 30.8 Å². The first-order valence-corrected chi connectivity index (χ1v) is 6.58. The fourth-order valence-electron chi connectivity index (χ4n) is 2.38. The number of hydrogen-bond acceptors (Lipinski definition) is 3. The van der Waals surface area contributed by atoms with E-state index in [1.54, 1.807) is 25.9 Å². The van der Waals surface area contributed by atoms with Crippen LogP contribution in [0.15, 0.2) is 18.2 Å². The fraction of sp³-hybridized carbons (Fsp3) is 0.467. The van der Waals surface area contributed by atoms with Gasteiger partial charge in [-0.2, -0.15) is 0 Å². The Bertz CT molecular complexity index is 509. The number of Topliss-reactive ketones (excluding diaryl/α,β-unsaturated/α-hetero) is 1. The third-order valence-electron chi connectivity index (χ3n) is 3.57. The lowest BCUT2D eigenvalue weighted by molar-refractivity contribution is -0.128. The first-order chi connectivity index (χ1) is 8.99. The van der Waals surface area contributed by atoms with Crippen LogP contribution in [-0.2, 0) is 11.2 Å². The van der Waals surface area contributed by atoms with Gasteiger partial charge >= 0.3 is 0 Å². The summed E-state index contributed by atoms with van der Waals surface area (Å²) in [6.07, 6.45) is 1.48. The Hall–Kier alpha value is -1.84. The molecule has 0 saturated carbocycles. The Morgan fingerprint density at radius 2 is 2.05 bits per heavy atom. The van der Waals surface area contributed by atoms with Gasteiger partial charge in [0.25, 0.3) is 0 Å². The van der Waals surface area contributed by atoms with Crippen LogP contribution < -0.4 is 4.90 Å². The summed E-state index contributed by atoms with van der Waals surface area (Å²) >= 11 is 0. The molecule has 0 fully saturated rings. The van der Waals surface area contributed by atoms with Crippen LogP contribution in [0.5, 0.6) is 0 Å². The van der Waals surface area contributed by atoms with Crippen molar-refractivity contribution < 1.29 is 9.59 Å². The normalized spacial score (nSPS) is 13.3. The molecule has 0 unspecified atom stereocenters. The number of amides is 1. The minimum Gasteiger partial charge on any atom is -0.370 e. The second-order valence-corrected chi connectivity index (χ2v) is 5.17. The summed E-state index contributed by atoms with van der Waals surface area (Å²) in [5.41, 5.74) is 3.14. The van der Waals surface area contributed by atoms with Crippen molar-refractivity contribution in [2.75, 3.05) is 32.1 Å². The van der Waals surface area contributed by atoms with Crippen molar-refractivity contribution in [1.29, 1.82) is 0 Å². The zero-order valence-electron chi connectivity index (χ0n) is 11.8. The van der Waals surface area contributed by atoms with E-state index in [4.69, 9.17) is 0 Å². The number of ketones is 1. The maximum absolute atomic E-state index is 11.6. The zero-order chi connectivity index (χ0) is 14.0. The van der Waals surface area contributed by atoms with Crippen LogP contribution in [-0.4, -0.2) is 43.8 Å². The standard InChI is InChI=1S/C15H20N2O2/c1-11(18)12-4-5-14-13(10-12)6-8-17(14)9-7-15(19)16(2)3/h4-5,10H,6-9H2,1-3H3. The third-order valence-corrected chi connectivity index (χ3v) is 3.57. The molecule has 1 aromatic carbocycles. The molecule has 19 heavy (non-hydrogen) atoms. The molecule has 1 aliphatic rings. The van der Waals surface area contributed by atoms with Gasteiger partial charge in [0.1, 0.15) is 0 Å². The van der Waals surface area contributed by atoms with Gasteiger partial charge in [0, 0.05) is 44.9 Å². The highest BCUT2D eigenvalue weighted by Gasteiger charge is 2.20. The van der Waals surface area contributed by atoms with Crippen molar-refractivity contribution in [2.24, 2.45) is 0 Å². The SMILES string of the molecule is CC(=O)c1ccc2c(c1)CCN2CCC(=O)N(C)C. The number of nitrogens with zero attached hydrogens (tertiary/aromatic N) is 2. The van der Waals surface area contributed by atoms with Crippen LogP contribution in [0.4, 0.5) is 5.69 Å². The number of hydrogen-bond donors (Lipinski definition) is 0. The smallest absolute Gasteiger partial charge is 0.223 e. The molecule has 4 nitrogen and oxygen atoms in total. The molecule has 2 rings (SSSR count). The summed E-state index contributed by atoms with van der Waals surface area (Å²) in [6, 6.07) is 5.85. The summed E-state index contributed by atoms with van der Waals surface area (Å²) in [5.74, 6) is 0.248. The van der Waals surface area contributed by atoms with Crippen molar-refractivity contribution in [3.63, 3.8) is 0 Å². The zero-order valence-corrected chi connectivity index (χ0v) is 11.8. The van der Waals surface area contributed by atoms with Gasteiger partial charge in [-0.15, -0.1) is 0 Å². The van der Waals surface area contributed by atoms with Gasteiger partial charge in [-0.05, 0) is 37.1 Å². The van der Waals surface area contributed by atoms with Crippen molar-refractivity contribution in [1.82, 2.24) is 4.90 Å². The molecule has 0 N–H and O–H groups in total. The summed E-state index contributed by atoms with van der Waals surface area (Å²) < 4.78 is 0. The lowest BCUT2D eigenvalue weighted by Crippen LogP contribution is -2.29. The molecule has 1 aliphatic heterocycles. The molecule has 0 atom stereocenters. The quantitative estimate of drug-likeness (QED) is 0.774. The van der Waals surface area contributed by atoms with E-state index in [1.807, 2.05) is 18.2 Å². The van der Waals surface area contributed by atoms with Crippen LogP contribution in [0.25, 0.3) is 0 Å². The Labute approximate surface area is 114 Å². The monoisotopic (exact) mass is 260 g/mol. The second kappa shape index (κ2) is 5.43. The van der Waals surface area contributed by atoms with Gasteiger partial charge in [-0.1, -0.05) is 0 Å². The molecule has 1 aromatic rings. The molecule has 0 bridgehead atoms. The van der Waals surface area contributed by atoms with E-state index in [2.05, 4.69) is 4.90 Å². The van der Waals surface area contributed by atoms with Gasteiger partial charge in [0.05, 0.1) is 0 Å². The topological polar surface area (TPSA) is 40.6 Å². The van der Waals surface area contributed by atoms with Crippen LogP contribution >= 0.6 is 0 Å². The van der Waals surface area contributed by atoms with E-state index >= 15 is 0 Å². The van der Waals surface area contributed by atoms with Crippen LogP contribution in [0.3, 0.4) is 0 Å². The first kappa shape index (κ1) is 13.6. The lowest BCUT2D eigenvalue weighted by atomic mass is 10.1. The Morgan fingerprint density at radius 3 is 2.68 bits per heavy atom. The minimum absolute atomic E-state index is 0.101. The van der Waals surface area contributed by atoms with Gasteiger partial charge < -0.3 is 9.80 Å². The number of fused-ring (bicyclic) bond motifs is 1. The van der Waals surface area contributed by atoms with Crippen molar-refractivity contribution in [3.8, 4) is 0 Å². The van der Waals surface area contributed by atoms with Crippen molar-refractivity contribution in [2.45, 2.75) is 19.8 Å². The van der Waals surface area contributed by atoms with Crippen LogP contribution in [0, 0.1) is 0 Å². The van der Waals surface area contributed by atoms with Gasteiger partial charge in [0.15, 0.2) is 5.78 Å². The summed E-state index contributed by atoms with van der Waals surface area (Å²) in [5, 5.41) is 0.